The van der Waals surface area contributed by atoms with Crippen molar-refractivity contribution in [2.24, 2.45) is 5.92 Å². The number of benzene rings is 1. The Bertz CT molecular complexity index is 326. The monoisotopic (exact) mass is 251 g/mol. The average Bonchev–Trinajstić information content (AvgIpc) is 2.43. The fourth-order valence-corrected chi connectivity index (χ4v) is 1.97. The summed E-state index contributed by atoms with van der Waals surface area (Å²) in [4.78, 5) is 0. The van der Waals surface area contributed by atoms with E-state index in [-0.39, 0.29) is 0 Å². The molecule has 0 saturated carbocycles. The number of rotatable bonds is 8. The van der Waals surface area contributed by atoms with Crippen molar-refractivity contribution in [1.29, 1.82) is 0 Å². The van der Waals surface area contributed by atoms with Crippen molar-refractivity contribution in [2.75, 3.05) is 20.8 Å². The maximum atomic E-state index is 5.26. The summed E-state index contributed by atoms with van der Waals surface area (Å²) in [5.41, 5.74) is 1.19. The first-order valence-electron chi connectivity index (χ1n) is 6.66. The standard InChI is InChI=1S/C15H25NO2/c1-5-12(6-2)10-16-11-13-7-14(17-3)9-15(8-13)18-4/h7-9,12,16H,5-6,10-11H2,1-4H3. The van der Waals surface area contributed by atoms with Gasteiger partial charge in [0, 0.05) is 12.6 Å². The van der Waals surface area contributed by atoms with Crippen molar-refractivity contribution in [2.45, 2.75) is 33.2 Å². The zero-order valence-corrected chi connectivity index (χ0v) is 12.0. The van der Waals surface area contributed by atoms with Crippen LogP contribution in [0, 0.1) is 5.92 Å². The molecule has 0 spiro atoms. The summed E-state index contributed by atoms with van der Waals surface area (Å²) in [6.07, 6.45) is 2.45. The molecule has 0 aliphatic rings. The molecule has 0 saturated heterocycles. The van der Waals surface area contributed by atoms with Crippen molar-refractivity contribution in [3.63, 3.8) is 0 Å². The van der Waals surface area contributed by atoms with E-state index in [1.54, 1.807) is 14.2 Å². The Morgan fingerprint density at radius 2 is 1.56 bits per heavy atom. The number of ether oxygens (including phenoxy) is 2. The quantitative estimate of drug-likeness (QED) is 0.769. The molecule has 3 heteroatoms. The highest BCUT2D eigenvalue weighted by Crippen LogP contribution is 2.22. The van der Waals surface area contributed by atoms with Crippen LogP contribution in [0.25, 0.3) is 0 Å². The van der Waals surface area contributed by atoms with Gasteiger partial charge in [0.25, 0.3) is 0 Å². The molecule has 0 aliphatic carbocycles. The van der Waals surface area contributed by atoms with E-state index in [9.17, 15) is 0 Å². The maximum absolute atomic E-state index is 5.26. The molecule has 18 heavy (non-hydrogen) atoms. The number of hydrogen-bond acceptors (Lipinski definition) is 3. The van der Waals surface area contributed by atoms with Gasteiger partial charge in [-0.1, -0.05) is 26.7 Å². The molecule has 0 unspecified atom stereocenters. The lowest BCUT2D eigenvalue weighted by atomic mass is 10.0. The van der Waals surface area contributed by atoms with E-state index in [2.05, 4.69) is 19.2 Å². The third-order valence-corrected chi connectivity index (χ3v) is 3.33. The minimum Gasteiger partial charge on any atom is -0.497 e. The zero-order chi connectivity index (χ0) is 13.4. The molecule has 0 heterocycles. The molecule has 0 atom stereocenters. The smallest absolute Gasteiger partial charge is 0.122 e. The van der Waals surface area contributed by atoms with Gasteiger partial charge in [0.15, 0.2) is 0 Å². The lowest BCUT2D eigenvalue weighted by Crippen LogP contribution is -2.21. The van der Waals surface area contributed by atoms with E-state index in [4.69, 9.17) is 9.47 Å². The molecule has 0 aliphatic heterocycles. The van der Waals surface area contributed by atoms with Gasteiger partial charge >= 0.3 is 0 Å². The van der Waals surface area contributed by atoms with Crippen LogP contribution in [0.2, 0.25) is 0 Å². The van der Waals surface area contributed by atoms with Gasteiger partial charge in [-0.15, -0.1) is 0 Å². The van der Waals surface area contributed by atoms with E-state index in [1.807, 2.05) is 18.2 Å². The molecular formula is C15H25NO2. The molecule has 102 valence electrons. The molecule has 3 nitrogen and oxygen atoms in total. The van der Waals surface area contributed by atoms with Gasteiger partial charge in [0.2, 0.25) is 0 Å². The topological polar surface area (TPSA) is 30.5 Å². The van der Waals surface area contributed by atoms with E-state index >= 15 is 0 Å². The molecule has 1 aromatic rings. The van der Waals surface area contributed by atoms with Crippen LogP contribution in [-0.4, -0.2) is 20.8 Å². The van der Waals surface area contributed by atoms with Gasteiger partial charge in [0.05, 0.1) is 14.2 Å². The zero-order valence-electron chi connectivity index (χ0n) is 12.0. The third kappa shape index (κ3) is 4.57. The van der Waals surface area contributed by atoms with Crippen LogP contribution in [0.15, 0.2) is 18.2 Å². The Hall–Kier alpha value is -1.22. The Balaban J connectivity index is 2.55. The van der Waals surface area contributed by atoms with Gasteiger partial charge in [-0.3, -0.25) is 0 Å². The minimum absolute atomic E-state index is 0.762. The summed E-state index contributed by atoms with van der Waals surface area (Å²) in [6.45, 7) is 6.39. The fraction of sp³-hybridized carbons (Fsp3) is 0.600. The Labute approximate surface area is 110 Å². The van der Waals surface area contributed by atoms with Crippen LogP contribution in [0.1, 0.15) is 32.3 Å². The van der Waals surface area contributed by atoms with Crippen LogP contribution in [0.4, 0.5) is 0 Å². The Morgan fingerprint density at radius 1 is 1.00 bits per heavy atom. The van der Waals surface area contributed by atoms with Gasteiger partial charge in [-0.2, -0.15) is 0 Å². The summed E-state index contributed by atoms with van der Waals surface area (Å²) in [6, 6.07) is 5.98. The second-order valence-corrected chi connectivity index (χ2v) is 4.53. The molecule has 0 aromatic heterocycles. The van der Waals surface area contributed by atoms with E-state index in [0.29, 0.717) is 0 Å². The minimum atomic E-state index is 0.762. The van der Waals surface area contributed by atoms with Gasteiger partial charge in [-0.05, 0) is 30.2 Å². The molecular weight excluding hydrogens is 226 g/mol. The molecule has 0 fully saturated rings. The molecule has 1 rings (SSSR count). The molecule has 0 radical (unpaired) electrons. The van der Waals surface area contributed by atoms with Crippen molar-refractivity contribution < 1.29 is 9.47 Å². The predicted octanol–water partition coefficient (Wildman–Crippen LogP) is 3.23. The highest BCUT2D eigenvalue weighted by Gasteiger charge is 2.04. The third-order valence-electron chi connectivity index (χ3n) is 3.33. The van der Waals surface area contributed by atoms with Crippen LogP contribution >= 0.6 is 0 Å². The van der Waals surface area contributed by atoms with Crippen LogP contribution in [0.3, 0.4) is 0 Å². The van der Waals surface area contributed by atoms with Crippen molar-refractivity contribution in [1.82, 2.24) is 5.32 Å². The maximum Gasteiger partial charge on any atom is 0.122 e. The van der Waals surface area contributed by atoms with Crippen LogP contribution < -0.4 is 14.8 Å². The largest absolute Gasteiger partial charge is 0.497 e. The van der Waals surface area contributed by atoms with E-state index in [1.165, 1.54) is 18.4 Å². The van der Waals surface area contributed by atoms with Crippen LogP contribution in [-0.2, 0) is 6.54 Å². The normalized spacial score (nSPS) is 10.7. The van der Waals surface area contributed by atoms with Crippen LogP contribution in [0.5, 0.6) is 11.5 Å². The first-order chi connectivity index (χ1) is 8.73. The number of nitrogens with one attached hydrogen (secondary N) is 1. The lowest BCUT2D eigenvalue weighted by Gasteiger charge is -2.14. The summed E-state index contributed by atoms with van der Waals surface area (Å²) < 4.78 is 10.5. The highest BCUT2D eigenvalue weighted by atomic mass is 16.5. The molecule has 1 N–H and O–H groups in total. The SMILES string of the molecule is CCC(CC)CNCc1cc(OC)cc(OC)c1. The summed E-state index contributed by atoms with van der Waals surface area (Å²) >= 11 is 0. The molecule has 1 aromatic carbocycles. The molecule has 0 amide bonds. The predicted molar refractivity (Wildman–Crippen MR) is 75.3 cm³/mol. The van der Waals surface area contributed by atoms with E-state index in [0.717, 1.165) is 30.5 Å². The van der Waals surface area contributed by atoms with Crippen molar-refractivity contribution in [3.8, 4) is 11.5 Å². The summed E-state index contributed by atoms with van der Waals surface area (Å²) in [5, 5.41) is 3.50. The Morgan fingerprint density at radius 3 is 2.00 bits per heavy atom. The lowest BCUT2D eigenvalue weighted by molar-refractivity contribution is 0.392. The highest BCUT2D eigenvalue weighted by molar-refractivity contribution is 5.38. The van der Waals surface area contributed by atoms with Crippen molar-refractivity contribution in [3.05, 3.63) is 23.8 Å². The van der Waals surface area contributed by atoms with Gasteiger partial charge in [-0.25, -0.2) is 0 Å². The fourth-order valence-electron chi connectivity index (χ4n) is 1.97. The summed E-state index contributed by atoms with van der Waals surface area (Å²) in [5.74, 6) is 2.44. The summed E-state index contributed by atoms with van der Waals surface area (Å²) in [7, 11) is 3.35. The average molecular weight is 251 g/mol. The second kappa shape index (κ2) is 7.98. The first kappa shape index (κ1) is 14.8. The number of methoxy groups -OCH3 is 2. The first-order valence-corrected chi connectivity index (χ1v) is 6.66. The second-order valence-electron chi connectivity index (χ2n) is 4.53. The van der Waals surface area contributed by atoms with E-state index < -0.39 is 0 Å². The molecule has 0 bridgehead atoms. The van der Waals surface area contributed by atoms with Gasteiger partial charge < -0.3 is 14.8 Å². The van der Waals surface area contributed by atoms with Gasteiger partial charge in [0.1, 0.15) is 11.5 Å². The van der Waals surface area contributed by atoms with Crippen molar-refractivity contribution >= 4 is 0 Å². The Kier molecular flexibility index (Phi) is 6.58. The number of hydrogen-bond donors (Lipinski definition) is 1.